The van der Waals surface area contributed by atoms with Gasteiger partial charge in [-0.2, -0.15) is 5.26 Å². The van der Waals surface area contributed by atoms with Crippen LogP contribution in [0.1, 0.15) is 18.9 Å². The van der Waals surface area contributed by atoms with E-state index in [9.17, 15) is 10.1 Å². The van der Waals surface area contributed by atoms with Gasteiger partial charge in [0.25, 0.3) is 5.69 Å². The standard InChI is InChI=1S/C14H17N3O3/c1-10-5-6-16(9-14(10)20-2)12-4-3-11(8-15)7-13(12)17(18)19/h3-4,7,10,14H,5-6,9H2,1-2H3. The molecule has 1 aliphatic rings. The van der Waals surface area contributed by atoms with Crippen molar-refractivity contribution >= 4 is 11.4 Å². The number of piperidine rings is 1. The van der Waals surface area contributed by atoms with E-state index in [-0.39, 0.29) is 11.8 Å². The van der Waals surface area contributed by atoms with Crippen LogP contribution in [-0.4, -0.2) is 31.2 Å². The van der Waals surface area contributed by atoms with Gasteiger partial charge in [0, 0.05) is 26.3 Å². The van der Waals surface area contributed by atoms with Crippen LogP contribution >= 0.6 is 0 Å². The first-order chi connectivity index (χ1) is 9.56. The Hall–Kier alpha value is -2.13. The molecule has 1 saturated heterocycles. The number of nitrogens with zero attached hydrogens (tertiary/aromatic N) is 3. The summed E-state index contributed by atoms with van der Waals surface area (Å²) >= 11 is 0. The summed E-state index contributed by atoms with van der Waals surface area (Å²) in [6, 6.07) is 6.53. The van der Waals surface area contributed by atoms with Gasteiger partial charge in [-0.05, 0) is 24.5 Å². The van der Waals surface area contributed by atoms with Crippen LogP contribution in [0.4, 0.5) is 11.4 Å². The van der Waals surface area contributed by atoms with Gasteiger partial charge in [-0.3, -0.25) is 10.1 Å². The van der Waals surface area contributed by atoms with Crippen LogP contribution in [0, 0.1) is 27.4 Å². The van der Waals surface area contributed by atoms with Crippen LogP contribution in [0.15, 0.2) is 18.2 Å². The lowest BCUT2D eigenvalue weighted by molar-refractivity contribution is -0.384. The third-order valence-electron chi connectivity index (χ3n) is 3.83. The summed E-state index contributed by atoms with van der Waals surface area (Å²) in [6.07, 6.45) is 0.995. The molecule has 1 aromatic carbocycles. The second-order valence-corrected chi connectivity index (χ2v) is 5.06. The Bertz CT molecular complexity index is 553. The minimum absolute atomic E-state index is 0.0199. The van der Waals surface area contributed by atoms with E-state index in [0.717, 1.165) is 13.0 Å². The molecular formula is C14H17N3O3. The maximum absolute atomic E-state index is 11.2. The Kier molecular flexibility index (Phi) is 4.20. The van der Waals surface area contributed by atoms with Crippen LogP contribution in [0.3, 0.4) is 0 Å². The molecular weight excluding hydrogens is 258 g/mol. The second-order valence-electron chi connectivity index (χ2n) is 5.06. The summed E-state index contributed by atoms with van der Waals surface area (Å²) in [6.45, 7) is 3.51. The normalized spacial score (nSPS) is 22.4. The van der Waals surface area contributed by atoms with E-state index in [4.69, 9.17) is 10.00 Å². The number of hydrogen-bond donors (Lipinski definition) is 0. The fourth-order valence-corrected chi connectivity index (χ4v) is 2.57. The largest absolute Gasteiger partial charge is 0.379 e. The number of rotatable bonds is 3. The van der Waals surface area contributed by atoms with E-state index in [1.54, 1.807) is 19.2 Å². The molecule has 106 valence electrons. The monoisotopic (exact) mass is 275 g/mol. The molecule has 1 aromatic rings. The van der Waals surface area contributed by atoms with Crippen molar-refractivity contribution in [3.63, 3.8) is 0 Å². The quantitative estimate of drug-likeness (QED) is 0.624. The first-order valence-corrected chi connectivity index (χ1v) is 6.53. The van der Waals surface area contributed by atoms with Crippen molar-refractivity contribution in [2.45, 2.75) is 19.4 Å². The van der Waals surface area contributed by atoms with E-state index in [2.05, 4.69) is 6.92 Å². The first kappa shape index (κ1) is 14.3. The zero-order valence-electron chi connectivity index (χ0n) is 11.6. The number of hydrogen-bond acceptors (Lipinski definition) is 5. The third kappa shape index (κ3) is 2.73. The number of nitriles is 1. The van der Waals surface area contributed by atoms with Crippen molar-refractivity contribution in [1.82, 2.24) is 0 Å². The average molecular weight is 275 g/mol. The summed E-state index contributed by atoms with van der Waals surface area (Å²) in [7, 11) is 1.66. The predicted molar refractivity (Wildman–Crippen MR) is 74.6 cm³/mol. The Morgan fingerprint density at radius 3 is 2.90 bits per heavy atom. The summed E-state index contributed by atoms with van der Waals surface area (Å²) in [5.74, 6) is 0.439. The Morgan fingerprint density at radius 1 is 1.55 bits per heavy atom. The van der Waals surface area contributed by atoms with Crippen molar-refractivity contribution in [3.05, 3.63) is 33.9 Å². The molecule has 0 N–H and O–H groups in total. The van der Waals surface area contributed by atoms with Gasteiger partial charge in [0.2, 0.25) is 0 Å². The molecule has 0 aromatic heterocycles. The van der Waals surface area contributed by atoms with Crippen molar-refractivity contribution < 1.29 is 9.66 Å². The Morgan fingerprint density at radius 2 is 2.30 bits per heavy atom. The van der Waals surface area contributed by atoms with Crippen LogP contribution in [0.5, 0.6) is 0 Å². The highest BCUT2D eigenvalue weighted by Crippen LogP contribution is 2.32. The maximum atomic E-state index is 11.2. The predicted octanol–water partition coefficient (Wildman–Crippen LogP) is 2.33. The molecule has 2 rings (SSSR count). The lowest BCUT2D eigenvalue weighted by atomic mass is 9.95. The molecule has 20 heavy (non-hydrogen) atoms. The third-order valence-corrected chi connectivity index (χ3v) is 3.83. The number of methoxy groups -OCH3 is 1. The number of ether oxygens (including phenoxy) is 1. The van der Waals surface area contributed by atoms with E-state index in [0.29, 0.717) is 23.7 Å². The first-order valence-electron chi connectivity index (χ1n) is 6.53. The summed E-state index contributed by atoms with van der Waals surface area (Å²) in [5.41, 5.74) is 0.838. The number of nitro benzene ring substituents is 1. The van der Waals surface area contributed by atoms with Crippen LogP contribution in [0.2, 0.25) is 0 Å². The Balaban J connectivity index is 2.33. The highest BCUT2D eigenvalue weighted by Gasteiger charge is 2.29. The van der Waals surface area contributed by atoms with Crippen molar-refractivity contribution in [2.75, 3.05) is 25.1 Å². The second kappa shape index (κ2) is 5.88. The van der Waals surface area contributed by atoms with Crippen LogP contribution < -0.4 is 4.90 Å². The fourth-order valence-electron chi connectivity index (χ4n) is 2.57. The molecule has 6 nitrogen and oxygen atoms in total. The zero-order chi connectivity index (χ0) is 14.7. The van der Waals surface area contributed by atoms with Crippen LogP contribution in [-0.2, 0) is 4.74 Å². The molecule has 0 radical (unpaired) electrons. The van der Waals surface area contributed by atoms with Gasteiger partial charge in [-0.25, -0.2) is 0 Å². The molecule has 0 amide bonds. The van der Waals surface area contributed by atoms with Crippen molar-refractivity contribution in [1.29, 1.82) is 5.26 Å². The average Bonchev–Trinajstić information content (AvgIpc) is 2.47. The number of benzene rings is 1. The molecule has 0 spiro atoms. The number of nitro groups is 1. The lowest BCUT2D eigenvalue weighted by Gasteiger charge is -2.37. The molecule has 1 aliphatic heterocycles. The SMILES string of the molecule is COC1CN(c2ccc(C#N)cc2[N+](=O)[O-])CCC1C. The van der Waals surface area contributed by atoms with Gasteiger partial charge in [-0.15, -0.1) is 0 Å². The van der Waals surface area contributed by atoms with Gasteiger partial charge < -0.3 is 9.64 Å². The molecule has 6 heteroatoms. The molecule has 2 unspecified atom stereocenters. The Labute approximate surface area is 117 Å². The van der Waals surface area contributed by atoms with Gasteiger partial charge in [0.1, 0.15) is 5.69 Å². The summed E-state index contributed by atoms with van der Waals surface area (Å²) in [4.78, 5) is 12.7. The number of anilines is 1. The smallest absolute Gasteiger partial charge is 0.293 e. The minimum Gasteiger partial charge on any atom is -0.379 e. The topological polar surface area (TPSA) is 79.4 Å². The molecule has 0 saturated carbocycles. The zero-order valence-corrected chi connectivity index (χ0v) is 11.6. The molecule has 1 heterocycles. The van der Waals surface area contributed by atoms with E-state index >= 15 is 0 Å². The van der Waals surface area contributed by atoms with E-state index in [1.165, 1.54) is 6.07 Å². The fraction of sp³-hybridized carbons (Fsp3) is 0.500. The van der Waals surface area contributed by atoms with E-state index in [1.807, 2.05) is 11.0 Å². The van der Waals surface area contributed by atoms with Gasteiger partial charge in [0.05, 0.1) is 22.7 Å². The van der Waals surface area contributed by atoms with Crippen molar-refractivity contribution in [3.8, 4) is 6.07 Å². The molecule has 1 fully saturated rings. The van der Waals surface area contributed by atoms with Crippen LogP contribution in [0.25, 0.3) is 0 Å². The summed E-state index contributed by atoms with van der Waals surface area (Å²) < 4.78 is 5.44. The lowest BCUT2D eigenvalue weighted by Crippen LogP contribution is -2.44. The highest BCUT2D eigenvalue weighted by molar-refractivity contribution is 5.66. The van der Waals surface area contributed by atoms with Gasteiger partial charge >= 0.3 is 0 Å². The molecule has 0 aliphatic carbocycles. The van der Waals surface area contributed by atoms with Crippen molar-refractivity contribution in [2.24, 2.45) is 5.92 Å². The minimum atomic E-state index is -0.435. The highest BCUT2D eigenvalue weighted by atomic mass is 16.6. The van der Waals surface area contributed by atoms with Gasteiger partial charge in [-0.1, -0.05) is 6.92 Å². The summed E-state index contributed by atoms with van der Waals surface area (Å²) in [5, 5.41) is 20.0. The molecule has 2 atom stereocenters. The van der Waals surface area contributed by atoms with Gasteiger partial charge in [0.15, 0.2) is 0 Å². The maximum Gasteiger partial charge on any atom is 0.293 e. The molecule has 0 bridgehead atoms. The van der Waals surface area contributed by atoms with E-state index < -0.39 is 4.92 Å².